The van der Waals surface area contributed by atoms with Crippen LogP contribution in [0.2, 0.25) is 0 Å². The van der Waals surface area contributed by atoms with Gasteiger partial charge >= 0.3 is 0 Å². The highest BCUT2D eigenvalue weighted by molar-refractivity contribution is 5.22. The van der Waals surface area contributed by atoms with Crippen LogP contribution < -0.4 is 0 Å². The Morgan fingerprint density at radius 3 is 2.33 bits per heavy atom. The van der Waals surface area contributed by atoms with E-state index >= 15 is 0 Å². The number of aliphatic hydroxyl groups is 1. The van der Waals surface area contributed by atoms with Crippen LogP contribution in [0.4, 0.5) is 0 Å². The number of hydrogen-bond donors (Lipinski definition) is 1. The number of aliphatic hydroxyl groups excluding tert-OH is 1. The van der Waals surface area contributed by atoms with E-state index in [-0.39, 0.29) is 6.61 Å². The Kier molecular flexibility index (Phi) is 3.67. The van der Waals surface area contributed by atoms with Crippen molar-refractivity contribution in [2.45, 2.75) is 51.3 Å². The second-order valence-corrected chi connectivity index (χ2v) is 5.85. The molecule has 1 saturated carbocycles. The molecule has 2 nitrogen and oxygen atoms in total. The summed E-state index contributed by atoms with van der Waals surface area (Å²) in [7, 11) is 0. The molecule has 1 aliphatic heterocycles. The van der Waals surface area contributed by atoms with Gasteiger partial charge in [-0.05, 0) is 49.3 Å². The van der Waals surface area contributed by atoms with E-state index < -0.39 is 0 Å². The predicted octanol–water partition coefficient (Wildman–Crippen LogP) is 2.94. The first-order valence-corrected chi connectivity index (χ1v) is 7.29. The molecule has 2 aliphatic rings. The summed E-state index contributed by atoms with van der Waals surface area (Å²) in [6, 6.07) is 9.27. The molecule has 1 aromatic carbocycles. The molecule has 18 heavy (non-hydrogen) atoms. The zero-order chi connectivity index (χ0) is 12.4. The summed E-state index contributed by atoms with van der Waals surface area (Å²) in [5.74, 6) is 0.976. The molecular formula is C16H23NO. The van der Waals surface area contributed by atoms with E-state index in [9.17, 15) is 0 Å². The summed E-state index contributed by atoms with van der Waals surface area (Å²) in [5, 5.41) is 9.06. The molecule has 0 spiro atoms. The van der Waals surface area contributed by atoms with Crippen LogP contribution in [-0.4, -0.2) is 22.6 Å². The smallest absolute Gasteiger partial charge is 0.0681 e. The minimum absolute atomic E-state index is 0.148. The van der Waals surface area contributed by atoms with Crippen molar-refractivity contribution in [2.24, 2.45) is 5.92 Å². The fourth-order valence-corrected chi connectivity index (χ4v) is 3.39. The lowest BCUT2D eigenvalue weighted by atomic mass is 9.79. The maximum atomic E-state index is 9.06. The van der Waals surface area contributed by atoms with Crippen LogP contribution in [0.15, 0.2) is 24.3 Å². The molecule has 1 saturated heterocycles. The van der Waals surface area contributed by atoms with E-state index in [0.717, 1.165) is 24.1 Å². The number of likely N-dealkylation sites (tertiary alicyclic amines) is 1. The summed E-state index contributed by atoms with van der Waals surface area (Å²) in [6.45, 7) is 2.50. The summed E-state index contributed by atoms with van der Waals surface area (Å²) in [6.07, 6.45) is 7.12. The van der Waals surface area contributed by atoms with Crippen molar-refractivity contribution in [3.05, 3.63) is 35.4 Å². The van der Waals surface area contributed by atoms with E-state index in [1.54, 1.807) is 0 Å². The SMILES string of the molecule is OCc1ccc(CN2CCCC2C2CCC2)cc1. The van der Waals surface area contributed by atoms with Crippen LogP contribution in [0.5, 0.6) is 0 Å². The van der Waals surface area contributed by atoms with Gasteiger partial charge in [-0.25, -0.2) is 0 Å². The summed E-state index contributed by atoms with van der Waals surface area (Å²) in [4.78, 5) is 2.68. The molecule has 98 valence electrons. The van der Waals surface area contributed by atoms with Crippen LogP contribution in [0.1, 0.15) is 43.2 Å². The molecule has 0 radical (unpaired) electrons. The molecule has 0 amide bonds. The fourth-order valence-electron chi connectivity index (χ4n) is 3.39. The molecule has 1 atom stereocenters. The van der Waals surface area contributed by atoms with Crippen molar-refractivity contribution in [1.29, 1.82) is 0 Å². The van der Waals surface area contributed by atoms with Gasteiger partial charge in [0.25, 0.3) is 0 Å². The molecule has 3 rings (SSSR count). The molecular weight excluding hydrogens is 222 g/mol. The summed E-state index contributed by atoms with van der Waals surface area (Å²) in [5.41, 5.74) is 2.40. The van der Waals surface area contributed by atoms with Gasteiger partial charge in [0.2, 0.25) is 0 Å². The Balaban J connectivity index is 1.63. The average Bonchev–Trinajstić information content (AvgIpc) is 2.76. The first kappa shape index (κ1) is 12.2. The maximum Gasteiger partial charge on any atom is 0.0681 e. The third kappa shape index (κ3) is 2.45. The molecule has 0 bridgehead atoms. The van der Waals surface area contributed by atoms with Crippen molar-refractivity contribution >= 4 is 0 Å². The molecule has 1 heterocycles. The third-order valence-electron chi connectivity index (χ3n) is 4.70. The van der Waals surface area contributed by atoms with Gasteiger partial charge in [0.05, 0.1) is 6.61 Å². The van der Waals surface area contributed by atoms with Crippen LogP contribution in [0, 0.1) is 5.92 Å². The van der Waals surface area contributed by atoms with Gasteiger partial charge in [-0.3, -0.25) is 4.90 Å². The molecule has 1 N–H and O–H groups in total. The van der Waals surface area contributed by atoms with Crippen molar-refractivity contribution in [2.75, 3.05) is 6.54 Å². The zero-order valence-electron chi connectivity index (χ0n) is 11.0. The van der Waals surface area contributed by atoms with Gasteiger partial charge in [-0.2, -0.15) is 0 Å². The molecule has 2 fully saturated rings. The third-order valence-corrected chi connectivity index (χ3v) is 4.70. The Morgan fingerprint density at radius 1 is 1.00 bits per heavy atom. The van der Waals surface area contributed by atoms with Crippen molar-refractivity contribution in [3.63, 3.8) is 0 Å². The second-order valence-electron chi connectivity index (χ2n) is 5.85. The quantitative estimate of drug-likeness (QED) is 0.881. The Morgan fingerprint density at radius 2 is 1.72 bits per heavy atom. The van der Waals surface area contributed by atoms with E-state index in [2.05, 4.69) is 17.0 Å². The standard InChI is InChI=1S/C16H23NO/c18-12-14-8-6-13(7-9-14)11-17-10-2-5-16(17)15-3-1-4-15/h6-9,15-16,18H,1-5,10-12H2. The van der Waals surface area contributed by atoms with Gasteiger partial charge in [-0.15, -0.1) is 0 Å². The number of rotatable bonds is 4. The van der Waals surface area contributed by atoms with Crippen molar-refractivity contribution in [1.82, 2.24) is 4.90 Å². The molecule has 1 aromatic rings. The van der Waals surface area contributed by atoms with Crippen LogP contribution in [0.3, 0.4) is 0 Å². The van der Waals surface area contributed by atoms with Crippen LogP contribution >= 0.6 is 0 Å². The summed E-state index contributed by atoms with van der Waals surface area (Å²) >= 11 is 0. The lowest BCUT2D eigenvalue weighted by molar-refractivity contribution is 0.126. The summed E-state index contributed by atoms with van der Waals surface area (Å²) < 4.78 is 0. The molecule has 1 aliphatic carbocycles. The number of benzene rings is 1. The maximum absolute atomic E-state index is 9.06. The first-order chi connectivity index (χ1) is 8.86. The first-order valence-electron chi connectivity index (χ1n) is 7.29. The van der Waals surface area contributed by atoms with Crippen LogP contribution in [-0.2, 0) is 13.2 Å². The van der Waals surface area contributed by atoms with Gasteiger partial charge < -0.3 is 5.11 Å². The van der Waals surface area contributed by atoms with Crippen LogP contribution in [0.25, 0.3) is 0 Å². The minimum atomic E-state index is 0.148. The lowest BCUT2D eigenvalue weighted by Crippen LogP contribution is -2.38. The fraction of sp³-hybridized carbons (Fsp3) is 0.625. The van der Waals surface area contributed by atoms with Gasteiger partial charge in [0, 0.05) is 12.6 Å². The van der Waals surface area contributed by atoms with Crippen molar-refractivity contribution in [3.8, 4) is 0 Å². The second kappa shape index (κ2) is 5.41. The topological polar surface area (TPSA) is 23.5 Å². The highest BCUT2D eigenvalue weighted by atomic mass is 16.3. The largest absolute Gasteiger partial charge is 0.392 e. The van der Waals surface area contributed by atoms with Gasteiger partial charge in [-0.1, -0.05) is 30.7 Å². The highest BCUT2D eigenvalue weighted by Gasteiger charge is 2.34. The number of nitrogens with zero attached hydrogens (tertiary/aromatic N) is 1. The zero-order valence-corrected chi connectivity index (χ0v) is 11.0. The Bertz CT molecular complexity index is 383. The Labute approximate surface area is 110 Å². The van der Waals surface area contributed by atoms with E-state index in [1.165, 1.54) is 44.2 Å². The normalized spacial score (nSPS) is 25.3. The number of hydrogen-bond acceptors (Lipinski definition) is 2. The predicted molar refractivity (Wildman–Crippen MR) is 73.1 cm³/mol. The van der Waals surface area contributed by atoms with E-state index in [4.69, 9.17) is 5.11 Å². The van der Waals surface area contributed by atoms with E-state index in [1.807, 2.05) is 12.1 Å². The molecule has 0 aromatic heterocycles. The van der Waals surface area contributed by atoms with E-state index in [0.29, 0.717) is 0 Å². The van der Waals surface area contributed by atoms with Gasteiger partial charge in [0.15, 0.2) is 0 Å². The highest BCUT2D eigenvalue weighted by Crippen LogP contribution is 2.37. The monoisotopic (exact) mass is 245 g/mol. The average molecular weight is 245 g/mol. The molecule has 2 heteroatoms. The van der Waals surface area contributed by atoms with Gasteiger partial charge in [0.1, 0.15) is 0 Å². The lowest BCUT2D eigenvalue weighted by Gasteiger charge is -2.37. The minimum Gasteiger partial charge on any atom is -0.392 e. The Hall–Kier alpha value is -0.860. The molecule has 1 unspecified atom stereocenters. The van der Waals surface area contributed by atoms with Crippen molar-refractivity contribution < 1.29 is 5.11 Å².